The molecule has 1 heterocycles. The lowest BCUT2D eigenvalue weighted by Gasteiger charge is -2.21. The molecule has 1 aromatic carbocycles. The Morgan fingerprint density at radius 1 is 1.10 bits per heavy atom. The first-order chi connectivity index (χ1) is 14.1. The average Bonchev–Trinajstić information content (AvgIpc) is 3.00. The SMILES string of the molecule is CCCCOc1ccc(C(=O)NNC(=O)c2c(C)nn(C(C)(C)C)c2C)cc1OC. The van der Waals surface area contributed by atoms with Crippen LogP contribution in [0.5, 0.6) is 11.5 Å². The summed E-state index contributed by atoms with van der Waals surface area (Å²) < 4.78 is 12.8. The monoisotopic (exact) mass is 416 g/mol. The molecule has 164 valence electrons. The van der Waals surface area contributed by atoms with Gasteiger partial charge in [0, 0.05) is 11.3 Å². The third-order valence-corrected chi connectivity index (χ3v) is 4.62. The first-order valence-electron chi connectivity index (χ1n) is 10.1. The van der Waals surface area contributed by atoms with Gasteiger partial charge in [-0.15, -0.1) is 0 Å². The number of hydrazine groups is 1. The quantitative estimate of drug-likeness (QED) is 0.532. The Balaban J connectivity index is 2.09. The molecule has 0 spiro atoms. The molecule has 0 unspecified atom stereocenters. The minimum atomic E-state index is -0.458. The van der Waals surface area contributed by atoms with Crippen molar-refractivity contribution in [3.8, 4) is 11.5 Å². The van der Waals surface area contributed by atoms with Gasteiger partial charge in [-0.3, -0.25) is 25.1 Å². The highest BCUT2D eigenvalue weighted by Gasteiger charge is 2.24. The van der Waals surface area contributed by atoms with E-state index in [0.29, 0.717) is 34.9 Å². The van der Waals surface area contributed by atoms with Crippen LogP contribution in [0.4, 0.5) is 0 Å². The maximum Gasteiger partial charge on any atom is 0.273 e. The fourth-order valence-corrected chi connectivity index (χ4v) is 3.13. The minimum Gasteiger partial charge on any atom is -0.493 e. The topological polar surface area (TPSA) is 94.5 Å². The number of hydrogen-bond acceptors (Lipinski definition) is 5. The Kier molecular flexibility index (Phi) is 7.48. The molecule has 0 fully saturated rings. The van der Waals surface area contributed by atoms with E-state index in [9.17, 15) is 9.59 Å². The van der Waals surface area contributed by atoms with Gasteiger partial charge in [-0.1, -0.05) is 13.3 Å². The van der Waals surface area contributed by atoms with Crippen molar-refractivity contribution in [3.63, 3.8) is 0 Å². The van der Waals surface area contributed by atoms with Crippen molar-refractivity contribution in [1.29, 1.82) is 0 Å². The summed E-state index contributed by atoms with van der Waals surface area (Å²) in [6, 6.07) is 4.89. The fourth-order valence-electron chi connectivity index (χ4n) is 3.13. The van der Waals surface area contributed by atoms with Gasteiger partial charge in [0.15, 0.2) is 11.5 Å². The van der Waals surface area contributed by atoms with Crippen LogP contribution < -0.4 is 20.3 Å². The van der Waals surface area contributed by atoms with Gasteiger partial charge < -0.3 is 9.47 Å². The predicted molar refractivity (Wildman–Crippen MR) is 115 cm³/mol. The van der Waals surface area contributed by atoms with Crippen molar-refractivity contribution in [3.05, 3.63) is 40.7 Å². The van der Waals surface area contributed by atoms with Crippen LogP contribution in [0.25, 0.3) is 0 Å². The average molecular weight is 417 g/mol. The van der Waals surface area contributed by atoms with E-state index in [-0.39, 0.29) is 5.54 Å². The van der Waals surface area contributed by atoms with Crippen molar-refractivity contribution in [2.45, 2.75) is 59.9 Å². The second-order valence-electron chi connectivity index (χ2n) is 8.10. The summed E-state index contributed by atoms with van der Waals surface area (Å²) in [4.78, 5) is 25.2. The number of nitrogens with zero attached hydrogens (tertiary/aromatic N) is 2. The summed E-state index contributed by atoms with van der Waals surface area (Å²) in [7, 11) is 1.52. The number of methoxy groups -OCH3 is 1. The number of hydrogen-bond donors (Lipinski definition) is 2. The number of aromatic nitrogens is 2. The number of amides is 2. The lowest BCUT2D eigenvalue weighted by molar-refractivity contribution is 0.0845. The Morgan fingerprint density at radius 3 is 2.33 bits per heavy atom. The lowest BCUT2D eigenvalue weighted by Crippen LogP contribution is -2.42. The Hall–Kier alpha value is -3.03. The smallest absolute Gasteiger partial charge is 0.273 e. The third kappa shape index (κ3) is 5.31. The Bertz CT molecular complexity index is 913. The molecule has 2 amide bonds. The molecular weight excluding hydrogens is 384 g/mol. The zero-order valence-corrected chi connectivity index (χ0v) is 18.9. The van der Waals surface area contributed by atoms with Gasteiger partial charge in [0.25, 0.3) is 11.8 Å². The normalized spacial score (nSPS) is 11.2. The van der Waals surface area contributed by atoms with Crippen LogP contribution in [0.1, 0.15) is 72.6 Å². The zero-order chi connectivity index (χ0) is 22.5. The van der Waals surface area contributed by atoms with E-state index >= 15 is 0 Å². The van der Waals surface area contributed by atoms with Gasteiger partial charge in [-0.05, 0) is 59.2 Å². The number of nitrogens with one attached hydrogen (secondary N) is 2. The maximum absolute atomic E-state index is 12.7. The van der Waals surface area contributed by atoms with E-state index in [1.165, 1.54) is 7.11 Å². The summed E-state index contributed by atoms with van der Waals surface area (Å²) in [5.41, 5.74) is 6.80. The first-order valence-corrected chi connectivity index (χ1v) is 10.1. The Morgan fingerprint density at radius 2 is 1.77 bits per heavy atom. The third-order valence-electron chi connectivity index (χ3n) is 4.62. The molecule has 30 heavy (non-hydrogen) atoms. The van der Waals surface area contributed by atoms with Gasteiger partial charge in [0.2, 0.25) is 0 Å². The van der Waals surface area contributed by atoms with Crippen LogP contribution in [0.15, 0.2) is 18.2 Å². The van der Waals surface area contributed by atoms with Gasteiger partial charge >= 0.3 is 0 Å². The number of benzene rings is 1. The molecule has 8 heteroatoms. The molecule has 1 aromatic heterocycles. The molecule has 0 aliphatic heterocycles. The van der Waals surface area contributed by atoms with Crippen molar-refractivity contribution < 1.29 is 19.1 Å². The van der Waals surface area contributed by atoms with Crippen LogP contribution in [-0.2, 0) is 5.54 Å². The molecule has 0 atom stereocenters. The number of unbranched alkanes of at least 4 members (excludes halogenated alkanes) is 1. The maximum atomic E-state index is 12.7. The number of aryl methyl sites for hydroxylation is 1. The van der Waals surface area contributed by atoms with Gasteiger partial charge in [-0.25, -0.2) is 0 Å². The van der Waals surface area contributed by atoms with Crippen LogP contribution in [0.3, 0.4) is 0 Å². The molecular formula is C22H32N4O4. The molecule has 0 bridgehead atoms. The second kappa shape index (κ2) is 9.65. The van der Waals surface area contributed by atoms with E-state index in [0.717, 1.165) is 18.5 Å². The summed E-state index contributed by atoms with van der Waals surface area (Å²) in [6.45, 7) is 12.3. The number of rotatable bonds is 7. The molecule has 0 radical (unpaired) electrons. The largest absolute Gasteiger partial charge is 0.493 e. The summed E-state index contributed by atoms with van der Waals surface area (Å²) in [5.74, 6) is 0.163. The molecule has 0 aliphatic rings. The predicted octanol–water partition coefficient (Wildman–Crippen LogP) is 3.52. The van der Waals surface area contributed by atoms with Crippen LogP contribution in [0, 0.1) is 13.8 Å². The summed E-state index contributed by atoms with van der Waals surface area (Å²) in [6.07, 6.45) is 1.96. The molecule has 2 rings (SSSR count). The summed E-state index contributed by atoms with van der Waals surface area (Å²) >= 11 is 0. The molecule has 8 nitrogen and oxygen atoms in total. The van der Waals surface area contributed by atoms with Crippen molar-refractivity contribution >= 4 is 11.8 Å². The molecule has 2 N–H and O–H groups in total. The van der Waals surface area contributed by atoms with E-state index in [4.69, 9.17) is 9.47 Å². The lowest BCUT2D eigenvalue weighted by atomic mass is 10.1. The highest BCUT2D eigenvalue weighted by molar-refractivity contribution is 6.00. The Labute approximate surface area is 177 Å². The zero-order valence-electron chi connectivity index (χ0n) is 18.9. The van der Waals surface area contributed by atoms with E-state index in [1.54, 1.807) is 29.8 Å². The van der Waals surface area contributed by atoms with Gasteiger partial charge in [0.05, 0.1) is 30.5 Å². The minimum absolute atomic E-state index is 0.256. The molecule has 0 saturated carbocycles. The highest BCUT2D eigenvalue weighted by atomic mass is 16.5. The van der Waals surface area contributed by atoms with Crippen molar-refractivity contribution in [2.75, 3.05) is 13.7 Å². The van der Waals surface area contributed by atoms with Gasteiger partial charge in [0.1, 0.15) is 0 Å². The standard InChI is InChI=1S/C22H32N4O4/c1-8-9-12-30-17-11-10-16(13-18(17)29-7)20(27)23-24-21(28)19-14(2)25-26(15(19)3)22(4,5)6/h10-11,13H,8-9,12H2,1-7H3,(H,23,27)(H,24,28). The van der Waals surface area contributed by atoms with Crippen LogP contribution in [-0.4, -0.2) is 35.3 Å². The molecule has 0 saturated heterocycles. The highest BCUT2D eigenvalue weighted by Crippen LogP contribution is 2.28. The fraction of sp³-hybridized carbons (Fsp3) is 0.500. The summed E-state index contributed by atoms with van der Waals surface area (Å²) in [5, 5.41) is 4.46. The van der Waals surface area contributed by atoms with Crippen LogP contribution >= 0.6 is 0 Å². The van der Waals surface area contributed by atoms with E-state index in [1.807, 2.05) is 27.7 Å². The molecule has 0 aliphatic carbocycles. The van der Waals surface area contributed by atoms with E-state index < -0.39 is 11.8 Å². The second-order valence-corrected chi connectivity index (χ2v) is 8.10. The van der Waals surface area contributed by atoms with Crippen molar-refractivity contribution in [1.82, 2.24) is 20.6 Å². The van der Waals surface area contributed by atoms with Crippen LogP contribution in [0.2, 0.25) is 0 Å². The van der Waals surface area contributed by atoms with Gasteiger partial charge in [-0.2, -0.15) is 5.10 Å². The molecule has 2 aromatic rings. The number of carbonyl (C=O) groups excluding carboxylic acids is 2. The number of ether oxygens (including phenoxy) is 2. The van der Waals surface area contributed by atoms with E-state index in [2.05, 4.69) is 22.9 Å². The first kappa shape index (κ1) is 23.3. The van der Waals surface area contributed by atoms with Crippen molar-refractivity contribution in [2.24, 2.45) is 0 Å². The number of carbonyl (C=O) groups is 2.